The summed E-state index contributed by atoms with van der Waals surface area (Å²) in [6.07, 6.45) is 0.862. The Labute approximate surface area is 124 Å². The van der Waals surface area contributed by atoms with Crippen LogP contribution in [0.25, 0.3) is 0 Å². The molecule has 0 aliphatic rings. The molecule has 0 radical (unpaired) electrons. The second-order valence-corrected chi connectivity index (χ2v) is 5.80. The molecular weight excluding hydrogens is 274 g/mol. The predicted octanol–water partition coefficient (Wildman–Crippen LogP) is 2.95. The van der Waals surface area contributed by atoms with Crippen molar-refractivity contribution in [1.29, 1.82) is 0 Å². The number of carboxylic acid groups (broad SMARTS) is 1. The zero-order valence-electron chi connectivity index (χ0n) is 12.1. The largest absolute Gasteiger partial charge is 0.481 e. The van der Waals surface area contributed by atoms with E-state index in [0.717, 1.165) is 23.2 Å². The first-order valence-electron chi connectivity index (χ1n) is 6.64. The summed E-state index contributed by atoms with van der Waals surface area (Å²) in [7, 11) is 0. The third-order valence-electron chi connectivity index (χ3n) is 3.03. The molecule has 1 rings (SSSR count). The second kappa shape index (κ2) is 7.94. The summed E-state index contributed by atoms with van der Waals surface area (Å²) >= 11 is 1.34. The molecule has 20 heavy (non-hydrogen) atoms. The van der Waals surface area contributed by atoms with E-state index in [4.69, 9.17) is 5.11 Å². The molecule has 0 saturated heterocycles. The lowest BCUT2D eigenvalue weighted by Crippen LogP contribution is -2.18. The summed E-state index contributed by atoms with van der Waals surface area (Å²) in [5, 5.41) is 11.7. The van der Waals surface area contributed by atoms with Gasteiger partial charge >= 0.3 is 5.97 Å². The summed E-state index contributed by atoms with van der Waals surface area (Å²) < 4.78 is 0. The van der Waals surface area contributed by atoms with Gasteiger partial charge in [0, 0.05) is 11.4 Å². The molecule has 1 unspecified atom stereocenters. The number of hydrogen-bond acceptors (Lipinski definition) is 3. The number of hydrogen-bond donors (Lipinski definition) is 2. The first kappa shape index (κ1) is 16.6. The van der Waals surface area contributed by atoms with Crippen LogP contribution in [0, 0.1) is 12.8 Å². The fourth-order valence-corrected chi connectivity index (χ4v) is 2.65. The van der Waals surface area contributed by atoms with Gasteiger partial charge in [0.2, 0.25) is 5.91 Å². The number of carbonyl (C=O) groups excluding carboxylic acids is 1. The topological polar surface area (TPSA) is 66.4 Å². The van der Waals surface area contributed by atoms with E-state index >= 15 is 0 Å². The van der Waals surface area contributed by atoms with Gasteiger partial charge in [0.1, 0.15) is 0 Å². The summed E-state index contributed by atoms with van der Waals surface area (Å²) in [4.78, 5) is 22.6. The van der Waals surface area contributed by atoms with Crippen LogP contribution < -0.4 is 5.32 Å². The molecule has 0 bridgehead atoms. The molecule has 0 heterocycles. The Morgan fingerprint density at radius 3 is 2.70 bits per heavy atom. The Kier molecular flexibility index (Phi) is 6.58. The summed E-state index contributed by atoms with van der Waals surface area (Å²) in [5.74, 6) is -0.633. The van der Waals surface area contributed by atoms with Gasteiger partial charge in [0.05, 0.1) is 11.7 Å². The van der Waals surface area contributed by atoms with E-state index in [0.29, 0.717) is 5.75 Å². The highest BCUT2D eigenvalue weighted by Crippen LogP contribution is 2.21. The number of aliphatic carboxylic acids is 1. The van der Waals surface area contributed by atoms with Crippen molar-refractivity contribution in [1.82, 2.24) is 0 Å². The molecule has 0 spiro atoms. The van der Waals surface area contributed by atoms with Gasteiger partial charge in [-0.3, -0.25) is 9.59 Å². The van der Waals surface area contributed by atoms with Crippen LogP contribution >= 0.6 is 11.8 Å². The van der Waals surface area contributed by atoms with E-state index < -0.39 is 11.9 Å². The number of para-hydroxylation sites is 1. The van der Waals surface area contributed by atoms with Crippen molar-refractivity contribution in [3.05, 3.63) is 29.3 Å². The molecule has 1 aromatic rings. The van der Waals surface area contributed by atoms with Gasteiger partial charge in [-0.2, -0.15) is 11.8 Å². The molecule has 4 nitrogen and oxygen atoms in total. The van der Waals surface area contributed by atoms with Crippen LogP contribution in [-0.4, -0.2) is 28.5 Å². The minimum absolute atomic E-state index is 0.0865. The van der Waals surface area contributed by atoms with Crippen molar-refractivity contribution >= 4 is 29.3 Å². The molecule has 0 saturated carbocycles. The number of benzene rings is 1. The van der Waals surface area contributed by atoms with Crippen LogP contribution in [0.3, 0.4) is 0 Å². The minimum atomic E-state index is -0.829. The molecule has 5 heteroatoms. The molecule has 0 aliphatic carbocycles. The maximum atomic E-state index is 11.9. The van der Waals surface area contributed by atoms with Gasteiger partial charge in [-0.1, -0.05) is 32.0 Å². The fraction of sp³-hybridized carbons (Fsp3) is 0.467. The van der Waals surface area contributed by atoms with E-state index in [1.807, 2.05) is 32.0 Å². The number of rotatable bonds is 7. The van der Waals surface area contributed by atoms with Crippen LogP contribution in [0.5, 0.6) is 0 Å². The molecule has 2 N–H and O–H groups in total. The van der Waals surface area contributed by atoms with Crippen LogP contribution in [-0.2, 0) is 16.0 Å². The number of carbonyl (C=O) groups is 2. The molecule has 1 aromatic carbocycles. The molecule has 110 valence electrons. The van der Waals surface area contributed by atoms with Crippen molar-refractivity contribution in [3.8, 4) is 0 Å². The highest BCUT2D eigenvalue weighted by molar-refractivity contribution is 8.00. The first-order valence-corrected chi connectivity index (χ1v) is 7.80. The lowest BCUT2D eigenvalue weighted by molar-refractivity contribution is -0.140. The van der Waals surface area contributed by atoms with Crippen LogP contribution in [0.4, 0.5) is 5.69 Å². The van der Waals surface area contributed by atoms with Gasteiger partial charge in [0.15, 0.2) is 0 Å². The maximum absolute atomic E-state index is 11.9. The number of amides is 1. The number of carboxylic acids is 1. The Balaban J connectivity index is 2.53. The number of anilines is 1. The quantitative estimate of drug-likeness (QED) is 0.811. The Bertz CT molecular complexity index is 488. The highest BCUT2D eigenvalue weighted by atomic mass is 32.2. The van der Waals surface area contributed by atoms with Gasteiger partial charge in [-0.15, -0.1) is 0 Å². The first-order chi connectivity index (χ1) is 9.45. The van der Waals surface area contributed by atoms with Crippen LogP contribution in [0.15, 0.2) is 18.2 Å². The van der Waals surface area contributed by atoms with Gasteiger partial charge in [-0.25, -0.2) is 0 Å². The van der Waals surface area contributed by atoms with Crippen molar-refractivity contribution in [2.45, 2.75) is 27.2 Å². The average Bonchev–Trinajstić information content (AvgIpc) is 2.40. The lowest BCUT2D eigenvalue weighted by atomic mass is 10.1. The molecule has 1 amide bonds. The van der Waals surface area contributed by atoms with Crippen molar-refractivity contribution in [2.24, 2.45) is 5.92 Å². The number of nitrogens with one attached hydrogen (secondary N) is 1. The Morgan fingerprint density at radius 2 is 2.10 bits per heavy atom. The van der Waals surface area contributed by atoms with Gasteiger partial charge < -0.3 is 10.4 Å². The van der Waals surface area contributed by atoms with Crippen molar-refractivity contribution in [2.75, 3.05) is 16.8 Å². The normalized spacial score (nSPS) is 11.9. The Hall–Kier alpha value is -1.49. The SMILES string of the molecule is CCc1cccc(C)c1NC(=O)CSCC(C)C(=O)O. The molecular formula is C15H21NO3S. The zero-order chi connectivity index (χ0) is 15.1. The average molecular weight is 295 g/mol. The van der Waals surface area contributed by atoms with Crippen LogP contribution in [0.1, 0.15) is 25.0 Å². The van der Waals surface area contributed by atoms with Crippen LogP contribution in [0.2, 0.25) is 0 Å². The fourth-order valence-electron chi connectivity index (χ4n) is 1.78. The van der Waals surface area contributed by atoms with E-state index in [1.165, 1.54) is 11.8 Å². The van der Waals surface area contributed by atoms with Crippen molar-refractivity contribution in [3.63, 3.8) is 0 Å². The second-order valence-electron chi connectivity index (χ2n) is 4.77. The maximum Gasteiger partial charge on any atom is 0.307 e. The lowest BCUT2D eigenvalue weighted by Gasteiger charge is -2.13. The minimum Gasteiger partial charge on any atom is -0.481 e. The zero-order valence-corrected chi connectivity index (χ0v) is 12.9. The molecule has 0 aromatic heterocycles. The molecule has 0 fully saturated rings. The van der Waals surface area contributed by atoms with Crippen molar-refractivity contribution < 1.29 is 14.7 Å². The number of aryl methyl sites for hydroxylation is 2. The third kappa shape index (κ3) is 4.89. The van der Waals surface area contributed by atoms with E-state index in [-0.39, 0.29) is 11.7 Å². The smallest absolute Gasteiger partial charge is 0.307 e. The van der Waals surface area contributed by atoms with E-state index in [9.17, 15) is 9.59 Å². The Morgan fingerprint density at radius 1 is 1.40 bits per heavy atom. The monoisotopic (exact) mass is 295 g/mol. The summed E-state index contributed by atoms with van der Waals surface area (Å²) in [6, 6.07) is 5.95. The molecule has 0 aliphatic heterocycles. The van der Waals surface area contributed by atoms with Gasteiger partial charge in [-0.05, 0) is 24.5 Å². The third-order valence-corrected chi connectivity index (χ3v) is 4.23. The standard InChI is InChI=1S/C15H21NO3S/c1-4-12-7-5-6-10(2)14(12)16-13(17)9-20-8-11(3)15(18)19/h5-7,11H,4,8-9H2,1-3H3,(H,16,17)(H,18,19). The summed E-state index contributed by atoms with van der Waals surface area (Å²) in [6.45, 7) is 5.66. The predicted molar refractivity (Wildman–Crippen MR) is 83.3 cm³/mol. The van der Waals surface area contributed by atoms with E-state index in [2.05, 4.69) is 5.32 Å². The molecule has 1 atom stereocenters. The summed E-state index contributed by atoms with van der Waals surface area (Å²) in [5.41, 5.74) is 3.04. The number of thioether (sulfide) groups is 1. The van der Waals surface area contributed by atoms with Gasteiger partial charge in [0.25, 0.3) is 0 Å². The van der Waals surface area contributed by atoms with E-state index in [1.54, 1.807) is 6.92 Å². The highest BCUT2D eigenvalue weighted by Gasteiger charge is 2.13.